The predicted molar refractivity (Wildman–Crippen MR) is 194 cm³/mol. The third kappa shape index (κ3) is 36.4. The van der Waals surface area contributed by atoms with Crippen molar-refractivity contribution in [2.75, 3.05) is 38.7 Å². The maximum atomic E-state index is 4.67. The lowest BCUT2D eigenvalue weighted by molar-refractivity contribution is 0.514. The number of thioether (sulfide) groups is 2. The lowest BCUT2D eigenvalue weighted by Crippen LogP contribution is -2.39. The molecule has 0 atom stereocenters. The number of amidine groups is 2. The van der Waals surface area contributed by atoms with Crippen molar-refractivity contribution in [1.29, 1.82) is 0 Å². The van der Waals surface area contributed by atoms with Crippen LogP contribution < -0.4 is 10.6 Å². The highest BCUT2D eigenvalue weighted by molar-refractivity contribution is 8.13. The molecule has 0 saturated carbocycles. The fraction of sp³-hybridized carbons (Fsp3) is 0.875. The number of rotatable bonds is 12. The molecule has 0 aromatic rings. The Morgan fingerprint density at radius 2 is 1.02 bits per heavy atom. The van der Waals surface area contributed by atoms with Gasteiger partial charge in [-0.15, -0.1) is 0 Å². The van der Waals surface area contributed by atoms with Gasteiger partial charge in [0.2, 0.25) is 0 Å². The molecule has 42 heavy (non-hydrogen) atoms. The smallest absolute Gasteiger partial charge is 0.156 e. The van der Waals surface area contributed by atoms with Crippen molar-refractivity contribution >= 4 is 45.9 Å². The molecular weight excluding hydrogens is 561 g/mol. The van der Waals surface area contributed by atoms with Crippen molar-refractivity contribution in [2.45, 2.75) is 144 Å². The minimum atomic E-state index is -0.0788. The Morgan fingerprint density at radius 1 is 0.571 bits per heavy atom. The molecule has 0 aliphatic heterocycles. The average molecular weight is 625 g/mol. The van der Waals surface area contributed by atoms with Crippen LogP contribution in [-0.2, 0) is 0 Å². The summed E-state index contributed by atoms with van der Waals surface area (Å²) < 4.78 is 0. The topological polar surface area (TPSA) is 98.2 Å². The second-order valence-electron chi connectivity index (χ2n) is 14.1. The van der Waals surface area contributed by atoms with Crippen LogP contribution in [0.2, 0.25) is 0 Å². The van der Waals surface area contributed by atoms with Gasteiger partial charge in [0.15, 0.2) is 10.3 Å². The lowest BCUT2D eigenvalue weighted by Gasteiger charge is -2.22. The summed E-state index contributed by atoms with van der Waals surface area (Å²) in [5, 5.41) is 8.94. The highest BCUT2D eigenvalue weighted by Gasteiger charge is 2.11. The van der Waals surface area contributed by atoms with E-state index in [4.69, 9.17) is 0 Å². The molecule has 10 heteroatoms. The summed E-state index contributed by atoms with van der Waals surface area (Å²) in [6.45, 7) is 28.5. The van der Waals surface area contributed by atoms with Gasteiger partial charge in [-0.1, -0.05) is 23.5 Å². The third-order valence-corrected chi connectivity index (χ3v) is 5.86. The highest BCUT2D eigenvalue weighted by Crippen LogP contribution is 2.10. The molecule has 0 heterocycles. The summed E-state index contributed by atoms with van der Waals surface area (Å²) in [5.41, 5.74) is -0.101. The molecule has 244 valence electrons. The molecular formula is C32H64N8S2. The normalized spacial score (nSPS) is 12.8. The van der Waals surface area contributed by atoms with E-state index in [9.17, 15) is 0 Å². The summed E-state index contributed by atoms with van der Waals surface area (Å²) in [7, 11) is 0. The second-order valence-corrected chi connectivity index (χ2v) is 15.7. The zero-order valence-electron chi connectivity index (χ0n) is 29.6. The fourth-order valence-electron chi connectivity index (χ4n) is 2.76. The SMILES string of the molecule is CC(C)(C)N=C=NCCCCCN=C=NC(C)(C)C.CSC(=NC(C)(C)C)NCCCCCN=C(NC(C)(C)C)SC. The number of aliphatic imine (C=N–C) groups is 6. The molecule has 2 N–H and O–H groups in total. The minimum Gasteiger partial charge on any atom is -0.365 e. The first-order valence-electron chi connectivity index (χ1n) is 15.3. The van der Waals surface area contributed by atoms with Crippen LogP contribution in [0.15, 0.2) is 30.0 Å². The molecule has 0 saturated heterocycles. The van der Waals surface area contributed by atoms with Crippen LogP contribution in [0.4, 0.5) is 0 Å². The van der Waals surface area contributed by atoms with E-state index in [0.29, 0.717) is 0 Å². The molecule has 8 nitrogen and oxygen atoms in total. The van der Waals surface area contributed by atoms with E-state index in [1.165, 1.54) is 6.42 Å². The molecule has 0 rings (SSSR count). The summed E-state index contributed by atoms with van der Waals surface area (Å²) in [4.78, 5) is 26.0. The van der Waals surface area contributed by atoms with E-state index in [1.54, 1.807) is 23.5 Å². The third-order valence-electron chi connectivity index (χ3n) is 4.62. The van der Waals surface area contributed by atoms with Crippen LogP contribution >= 0.6 is 23.5 Å². The molecule has 0 unspecified atom stereocenters. The van der Waals surface area contributed by atoms with Crippen LogP contribution in [0.5, 0.6) is 0 Å². The summed E-state index contributed by atoms with van der Waals surface area (Å²) in [6, 6.07) is 5.50. The summed E-state index contributed by atoms with van der Waals surface area (Å²) >= 11 is 3.37. The second kappa shape index (κ2) is 22.9. The van der Waals surface area contributed by atoms with Gasteiger partial charge in [-0.05, 0) is 134 Å². The van der Waals surface area contributed by atoms with Crippen molar-refractivity contribution < 1.29 is 0 Å². The van der Waals surface area contributed by atoms with Crippen LogP contribution in [-0.4, -0.2) is 83.2 Å². The zero-order chi connectivity index (χ0) is 32.7. The first-order valence-corrected chi connectivity index (χ1v) is 17.7. The van der Waals surface area contributed by atoms with E-state index < -0.39 is 0 Å². The quantitative estimate of drug-likeness (QED) is 0.129. The van der Waals surface area contributed by atoms with Crippen molar-refractivity contribution in [2.24, 2.45) is 30.0 Å². The van der Waals surface area contributed by atoms with Gasteiger partial charge in [0, 0.05) is 31.7 Å². The van der Waals surface area contributed by atoms with E-state index >= 15 is 0 Å². The number of hydrogen-bond acceptors (Lipinski definition) is 8. The summed E-state index contributed by atoms with van der Waals surface area (Å²) in [5.74, 6) is 0. The van der Waals surface area contributed by atoms with Crippen LogP contribution in [0.3, 0.4) is 0 Å². The van der Waals surface area contributed by atoms with Crippen molar-refractivity contribution in [3.8, 4) is 0 Å². The first kappa shape index (κ1) is 42.5. The monoisotopic (exact) mass is 624 g/mol. The number of nitrogens with zero attached hydrogens (tertiary/aromatic N) is 6. The molecule has 0 spiro atoms. The Balaban J connectivity index is 0. The molecule has 0 aromatic carbocycles. The molecule has 0 amide bonds. The zero-order valence-corrected chi connectivity index (χ0v) is 31.2. The van der Waals surface area contributed by atoms with E-state index in [-0.39, 0.29) is 22.2 Å². The minimum absolute atomic E-state index is 0.0195. The average Bonchev–Trinajstić information content (AvgIpc) is 2.82. The molecule has 0 aliphatic carbocycles. The summed E-state index contributed by atoms with van der Waals surface area (Å²) in [6.07, 6.45) is 10.8. The molecule has 0 aliphatic rings. The van der Waals surface area contributed by atoms with Gasteiger partial charge in [0.1, 0.15) is 0 Å². The van der Waals surface area contributed by atoms with Crippen molar-refractivity contribution in [3.05, 3.63) is 0 Å². The fourth-order valence-corrected chi connectivity index (χ4v) is 4.00. The van der Waals surface area contributed by atoms with Gasteiger partial charge in [-0.2, -0.15) is 0 Å². The lowest BCUT2D eigenvalue weighted by atomic mass is 10.1. The standard InChI is InChI=1S/C17H36N4S2.C15H28N4/c1-16(2,3)20-14(22-7)18-12-10-9-11-13-19-15(23-8)21-17(4,5)6;1-14(2,3)18-12-16-10-8-7-9-11-17-13-19-15(4,5)6/h9-13H2,1-8H3,(H,18,20)(H,19,21);7-11H2,1-6H3. The molecule has 0 fully saturated rings. The van der Waals surface area contributed by atoms with Crippen molar-refractivity contribution in [3.63, 3.8) is 0 Å². The molecule has 0 radical (unpaired) electrons. The van der Waals surface area contributed by atoms with Gasteiger partial charge < -0.3 is 10.6 Å². The van der Waals surface area contributed by atoms with Crippen molar-refractivity contribution in [1.82, 2.24) is 10.6 Å². The van der Waals surface area contributed by atoms with Gasteiger partial charge in [0.05, 0.1) is 28.6 Å². The van der Waals surface area contributed by atoms with E-state index in [2.05, 4.69) is 107 Å². The number of nitrogens with one attached hydrogen (secondary N) is 2. The van der Waals surface area contributed by atoms with Gasteiger partial charge in [-0.3, -0.25) is 9.98 Å². The molecule has 0 aromatic heterocycles. The maximum Gasteiger partial charge on any atom is 0.156 e. The Morgan fingerprint density at radius 3 is 1.43 bits per heavy atom. The van der Waals surface area contributed by atoms with E-state index in [1.807, 2.05) is 41.5 Å². The van der Waals surface area contributed by atoms with Crippen LogP contribution in [0.25, 0.3) is 0 Å². The van der Waals surface area contributed by atoms with E-state index in [0.717, 1.165) is 68.6 Å². The van der Waals surface area contributed by atoms with Crippen LogP contribution in [0.1, 0.15) is 122 Å². The Hall–Kier alpha value is -1.60. The predicted octanol–water partition coefficient (Wildman–Crippen LogP) is 8.47. The van der Waals surface area contributed by atoms with Gasteiger partial charge >= 0.3 is 0 Å². The largest absolute Gasteiger partial charge is 0.365 e. The first-order chi connectivity index (χ1) is 19.3. The Bertz CT molecular complexity index is 849. The van der Waals surface area contributed by atoms with Gasteiger partial charge in [-0.25, -0.2) is 20.0 Å². The van der Waals surface area contributed by atoms with Gasteiger partial charge in [0.25, 0.3) is 0 Å². The Labute approximate surface area is 268 Å². The Kier molecular flexibility index (Phi) is 23.2. The van der Waals surface area contributed by atoms with Crippen LogP contribution in [0, 0.1) is 0 Å². The maximum absolute atomic E-state index is 4.67. The molecule has 0 bridgehead atoms. The number of hydrogen-bond donors (Lipinski definition) is 2. The number of unbranched alkanes of at least 4 members (excludes halogenated alkanes) is 4. The highest BCUT2D eigenvalue weighted by atomic mass is 32.2.